The summed E-state index contributed by atoms with van der Waals surface area (Å²) in [5.74, 6) is -0.800. The Morgan fingerprint density at radius 3 is 2.83 bits per heavy atom. The lowest BCUT2D eigenvalue weighted by molar-refractivity contribution is -0.121. The third-order valence-corrected chi connectivity index (χ3v) is 3.25. The SMILES string of the molecule is CCn1ncc(N)c1C(=O)N1CCC(C(N)=O)C1. The lowest BCUT2D eigenvalue weighted by Crippen LogP contribution is -2.33. The Morgan fingerprint density at radius 1 is 1.56 bits per heavy atom. The Bertz CT molecular complexity index is 482. The molecule has 0 aromatic carbocycles. The number of aromatic nitrogens is 2. The first-order valence-electron chi connectivity index (χ1n) is 5.94. The molecule has 1 aromatic rings. The minimum Gasteiger partial charge on any atom is -0.396 e. The molecule has 0 radical (unpaired) electrons. The number of rotatable bonds is 3. The largest absolute Gasteiger partial charge is 0.396 e. The molecule has 4 N–H and O–H groups in total. The van der Waals surface area contributed by atoms with Gasteiger partial charge in [0.2, 0.25) is 5.91 Å². The number of carbonyl (C=O) groups excluding carboxylic acids is 2. The summed E-state index contributed by atoms with van der Waals surface area (Å²) in [6.07, 6.45) is 2.08. The third kappa shape index (κ3) is 2.03. The van der Waals surface area contributed by atoms with E-state index >= 15 is 0 Å². The number of nitrogens with zero attached hydrogens (tertiary/aromatic N) is 3. The van der Waals surface area contributed by atoms with Crippen LogP contribution in [0.1, 0.15) is 23.8 Å². The van der Waals surface area contributed by atoms with E-state index in [0.717, 1.165) is 0 Å². The highest BCUT2D eigenvalue weighted by Gasteiger charge is 2.32. The van der Waals surface area contributed by atoms with E-state index in [1.807, 2.05) is 6.92 Å². The fourth-order valence-corrected chi connectivity index (χ4v) is 2.20. The van der Waals surface area contributed by atoms with E-state index in [-0.39, 0.29) is 17.7 Å². The van der Waals surface area contributed by atoms with Crippen molar-refractivity contribution in [1.82, 2.24) is 14.7 Å². The van der Waals surface area contributed by atoms with E-state index in [1.165, 1.54) is 6.20 Å². The number of amides is 2. The molecule has 18 heavy (non-hydrogen) atoms. The number of aryl methyl sites for hydroxylation is 1. The molecular formula is C11H17N5O2. The highest BCUT2D eigenvalue weighted by atomic mass is 16.2. The Hall–Kier alpha value is -2.05. The van der Waals surface area contributed by atoms with Crippen molar-refractivity contribution < 1.29 is 9.59 Å². The normalized spacial score (nSPS) is 19.2. The van der Waals surface area contributed by atoms with Crippen LogP contribution in [0.3, 0.4) is 0 Å². The van der Waals surface area contributed by atoms with Gasteiger partial charge >= 0.3 is 0 Å². The van der Waals surface area contributed by atoms with Crippen LogP contribution in [-0.4, -0.2) is 39.6 Å². The highest BCUT2D eigenvalue weighted by molar-refractivity contribution is 5.98. The van der Waals surface area contributed by atoms with Gasteiger partial charge in [-0.2, -0.15) is 5.10 Å². The first-order valence-corrected chi connectivity index (χ1v) is 5.94. The van der Waals surface area contributed by atoms with Gasteiger partial charge in [-0.3, -0.25) is 14.3 Å². The summed E-state index contributed by atoms with van der Waals surface area (Å²) in [6, 6.07) is 0. The van der Waals surface area contributed by atoms with Crippen LogP contribution in [0.4, 0.5) is 5.69 Å². The molecule has 1 unspecified atom stereocenters. The Morgan fingerprint density at radius 2 is 2.28 bits per heavy atom. The van der Waals surface area contributed by atoms with Crippen molar-refractivity contribution in [3.8, 4) is 0 Å². The lowest BCUT2D eigenvalue weighted by Gasteiger charge is -2.16. The summed E-state index contributed by atoms with van der Waals surface area (Å²) >= 11 is 0. The second-order valence-corrected chi connectivity index (χ2v) is 4.40. The van der Waals surface area contributed by atoms with Gasteiger partial charge in [0, 0.05) is 19.6 Å². The van der Waals surface area contributed by atoms with Crippen LogP contribution in [0.15, 0.2) is 6.20 Å². The predicted molar refractivity (Wildman–Crippen MR) is 65.5 cm³/mol. The molecule has 7 nitrogen and oxygen atoms in total. The minimum atomic E-state index is -0.359. The average Bonchev–Trinajstić information content (AvgIpc) is 2.94. The van der Waals surface area contributed by atoms with E-state index in [9.17, 15) is 9.59 Å². The van der Waals surface area contributed by atoms with Gasteiger partial charge in [-0.1, -0.05) is 0 Å². The van der Waals surface area contributed by atoms with Gasteiger partial charge in [0.25, 0.3) is 5.91 Å². The van der Waals surface area contributed by atoms with E-state index in [2.05, 4.69) is 5.10 Å². The number of nitrogens with two attached hydrogens (primary N) is 2. The summed E-state index contributed by atoms with van der Waals surface area (Å²) in [4.78, 5) is 25.0. The molecule has 2 rings (SSSR count). The number of anilines is 1. The van der Waals surface area contributed by atoms with E-state index in [1.54, 1.807) is 9.58 Å². The summed E-state index contributed by atoms with van der Waals surface area (Å²) in [5.41, 5.74) is 11.8. The Balaban J connectivity index is 2.17. The van der Waals surface area contributed by atoms with Gasteiger partial charge in [-0.05, 0) is 13.3 Å². The van der Waals surface area contributed by atoms with Crippen molar-refractivity contribution in [3.05, 3.63) is 11.9 Å². The topological polar surface area (TPSA) is 107 Å². The summed E-state index contributed by atoms with van der Waals surface area (Å²) in [5, 5.41) is 4.03. The van der Waals surface area contributed by atoms with Gasteiger partial charge in [-0.15, -0.1) is 0 Å². The molecule has 1 saturated heterocycles. The molecular weight excluding hydrogens is 234 g/mol. The van der Waals surface area contributed by atoms with Crippen LogP contribution < -0.4 is 11.5 Å². The Labute approximate surface area is 105 Å². The van der Waals surface area contributed by atoms with Crippen LogP contribution in [0, 0.1) is 5.92 Å². The first kappa shape index (κ1) is 12.4. The highest BCUT2D eigenvalue weighted by Crippen LogP contribution is 2.21. The summed E-state index contributed by atoms with van der Waals surface area (Å²) in [7, 11) is 0. The quantitative estimate of drug-likeness (QED) is 0.750. The lowest BCUT2D eigenvalue weighted by atomic mass is 10.1. The number of hydrogen-bond donors (Lipinski definition) is 2. The van der Waals surface area contributed by atoms with Crippen LogP contribution in [-0.2, 0) is 11.3 Å². The van der Waals surface area contributed by atoms with Gasteiger partial charge in [0.15, 0.2) is 0 Å². The molecule has 0 saturated carbocycles. The number of likely N-dealkylation sites (tertiary alicyclic amines) is 1. The van der Waals surface area contributed by atoms with E-state index < -0.39 is 0 Å². The minimum absolute atomic E-state index is 0.185. The predicted octanol–water partition coefficient (Wildman–Crippen LogP) is -0.567. The third-order valence-electron chi connectivity index (χ3n) is 3.25. The number of carbonyl (C=O) groups is 2. The van der Waals surface area contributed by atoms with Crippen LogP contribution in [0.2, 0.25) is 0 Å². The zero-order valence-corrected chi connectivity index (χ0v) is 10.3. The molecule has 1 atom stereocenters. The zero-order chi connectivity index (χ0) is 13.3. The van der Waals surface area contributed by atoms with Gasteiger partial charge in [0.05, 0.1) is 17.8 Å². The fourth-order valence-electron chi connectivity index (χ4n) is 2.20. The maximum absolute atomic E-state index is 12.3. The monoisotopic (exact) mass is 251 g/mol. The van der Waals surface area contributed by atoms with Gasteiger partial charge in [-0.25, -0.2) is 0 Å². The molecule has 1 aliphatic heterocycles. The number of hydrogen-bond acceptors (Lipinski definition) is 4. The maximum atomic E-state index is 12.3. The smallest absolute Gasteiger partial charge is 0.274 e. The fraction of sp³-hybridized carbons (Fsp3) is 0.545. The molecule has 0 spiro atoms. The van der Waals surface area contributed by atoms with Crippen LogP contribution in [0.25, 0.3) is 0 Å². The van der Waals surface area contributed by atoms with Crippen molar-refractivity contribution in [2.24, 2.45) is 11.7 Å². The standard InChI is InChI=1S/C11H17N5O2/c1-2-16-9(8(12)5-14-16)11(18)15-4-3-7(6-15)10(13)17/h5,7H,2-4,6,12H2,1H3,(H2,13,17). The average molecular weight is 251 g/mol. The van der Waals surface area contributed by atoms with Crippen molar-refractivity contribution in [3.63, 3.8) is 0 Å². The molecule has 1 aromatic heterocycles. The number of primary amides is 1. The molecule has 7 heteroatoms. The maximum Gasteiger partial charge on any atom is 0.274 e. The molecule has 0 aliphatic carbocycles. The van der Waals surface area contributed by atoms with Gasteiger partial charge in [0.1, 0.15) is 5.69 Å². The second-order valence-electron chi connectivity index (χ2n) is 4.40. The molecule has 1 fully saturated rings. The number of nitrogen functional groups attached to an aromatic ring is 1. The zero-order valence-electron chi connectivity index (χ0n) is 10.3. The molecule has 2 amide bonds. The van der Waals surface area contributed by atoms with Crippen molar-refractivity contribution in [2.45, 2.75) is 19.9 Å². The van der Waals surface area contributed by atoms with Crippen LogP contribution >= 0.6 is 0 Å². The first-order chi connectivity index (χ1) is 8.54. The van der Waals surface area contributed by atoms with E-state index in [4.69, 9.17) is 11.5 Å². The van der Waals surface area contributed by atoms with E-state index in [0.29, 0.717) is 37.4 Å². The molecule has 0 bridgehead atoms. The van der Waals surface area contributed by atoms with Crippen molar-refractivity contribution in [1.29, 1.82) is 0 Å². The molecule has 98 valence electrons. The summed E-state index contributed by atoms with van der Waals surface area (Å²) in [6.45, 7) is 3.36. The van der Waals surface area contributed by atoms with Crippen molar-refractivity contribution in [2.75, 3.05) is 18.8 Å². The Kier molecular flexibility index (Phi) is 3.22. The van der Waals surface area contributed by atoms with Crippen molar-refractivity contribution >= 4 is 17.5 Å². The van der Waals surface area contributed by atoms with Gasteiger partial charge < -0.3 is 16.4 Å². The molecule has 2 heterocycles. The second kappa shape index (κ2) is 4.67. The molecule has 1 aliphatic rings. The summed E-state index contributed by atoms with van der Waals surface area (Å²) < 4.78 is 1.56. The van der Waals surface area contributed by atoms with Crippen LogP contribution in [0.5, 0.6) is 0 Å².